The van der Waals surface area contributed by atoms with Crippen LogP contribution in [0.5, 0.6) is 5.75 Å². The average molecular weight is 440 g/mol. The Hall–Kier alpha value is -2.34. The minimum atomic E-state index is -3.32. The van der Waals surface area contributed by atoms with E-state index in [2.05, 4.69) is 17.4 Å². The number of hydrogen-bond acceptors (Lipinski definition) is 4. The molecule has 4 saturated carbocycles. The van der Waals surface area contributed by atoms with Crippen molar-refractivity contribution in [1.29, 1.82) is 0 Å². The number of ether oxygens (including phenoxy) is 1. The molecule has 0 unspecified atom stereocenters. The molecule has 0 heterocycles. The first kappa shape index (κ1) is 20.6. The molecule has 31 heavy (non-hydrogen) atoms. The maximum Gasteiger partial charge on any atom is 0.262 e. The van der Waals surface area contributed by atoms with E-state index in [4.69, 9.17) is 4.74 Å². The van der Waals surface area contributed by atoms with Gasteiger partial charge in [-0.25, -0.2) is 8.42 Å². The molecule has 1 amide bonds. The molecular weight excluding hydrogens is 410 g/mol. The highest BCUT2D eigenvalue weighted by Crippen LogP contribution is 2.60. The Morgan fingerprint density at radius 3 is 2.19 bits per heavy atom. The summed E-state index contributed by atoms with van der Waals surface area (Å²) in [7, 11) is -3.32. The minimum Gasteiger partial charge on any atom is -0.484 e. The van der Waals surface area contributed by atoms with Crippen molar-refractivity contribution in [2.75, 3.05) is 18.2 Å². The SMILES string of the molecule is CS(=O)(=O)c1cccc(NC(=O)COc2ccc(C34CC5CC(CC(C5)C3)C4)cc2)c1. The molecule has 6 rings (SSSR count). The van der Waals surface area contributed by atoms with E-state index in [1.807, 2.05) is 12.1 Å². The van der Waals surface area contributed by atoms with Gasteiger partial charge in [-0.3, -0.25) is 4.79 Å². The molecule has 0 spiro atoms. The van der Waals surface area contributed by atoms with Crippen LogP contribution in [0.15, 0.2) is 53.4 Å². The highest BCUT2D eigenvalue weighted by atomic mass is 32.2. The van der Waals surface area contributed by atoms with Crippen LogP contribution < -0.4 is 10.1 Å². The molecule has 0 aromatic heterocycles. The van der Waals surface area contributed by atoms with E-state index in [0.29, 0.717) is 16.9 Å². The summed E-state index contributed by atoms with van der Waals surface area (Å²) >= 11 is 0. The summed E-state index contributed by atoms with van der Waals surface area (Å²) in [6.45, 7) is -0.125. The molecular formula is C25H29NO4S. The van der Waals surface area contributed by atoms with Gasteiger partial charge in [0.05, 0.1) is 4.90 Å². The van der Waals surface area contributed by atoms with Crippen LogP contribution in [0.25, 0.3) is 0 Å². The molecule has 0 saturated heterocycles. The lowest BCUT2D eigenvalue weighted by atomic mass is 9.48. The Labute approximate surface area is 184 Å². The number of carbonyl (C=O) groups excluding carboxylic acids is 1. The highest BCUT2D eigenvalue weighted by molar-refractivity contribution is 7.90. The molecule has 0 atom stereocenters. The zero-order valence-corrected chi connectivity index (χ0v) is 18.7. The summed E-state index contributed by atoms with van der Waals surface area (Å²) in [5.74, 6) is 3.08. The van der Waals surface area contributed by atoms with Gasteiger partial charge in [0.25, 0.3) is 5.91 Å². The van der Waals surface area contributed by atoms with Gasteiger partial charge in [0.2, 0.25) is 0 Å². The maximum absolute atomic E-state index is 12.3. The van der Waals surface area contributed by atoms with E-state index in [1.54, 1.807) is 12.1 Å². The molecule has 0 radical (unpaired) electrons. The molecule has 1 N–H and O–H groups in total. The van der Waals surface area contributed by atoms with Crippen molar-refractivity contribution in [3.05, 3.63) is 54.1 Å². The van der Waals surface area contributed by atoms with E-state index in [0.717, 1.165) is 24.0 Å². The van der Waals surface area contributed by atoms with Crippen LogP contribution in [0, 0.1) is 17.8 Å². The second-order valence-electron chi connectivity index (χ2n) is 9.86. The second-order valence-corrected chi connectivity index (χ2v) is 11.9. The molecule has 4 bridgehead atoms. The van der Waals surface area contributed by atoms with Gasteiger partial charge < -0.3 is 10.1 Å². The summed E-state index contributed by atoms with van der Waals surface area (Å²) in [6, 6.07) is 14.6. The number of benzene rings is 2. The van der Waals surface area contributed by atoms with Gasteiger partial charge in [0, 0.05) is 11.9 Å². The predicted octanol–water partition coefficient (Wildman–Crippen LogP) is 4.58. The Morgan fingerprint density at radius 2 is 1.61 bits per heavy atom. The zero-order valence-electron chi connectivity index (χ0n) is 17.8. The molecule has 6 heteroatoms. The van der Waals surface area contributed by atoms with Gasteiger partial charge in [0.15, 0.2) is 16.4 Å². The summed E-state index contributed by atoms with van der Waals surface area (Å²) in [4.78, 5) is 12.4. The third kappa shape index (κ3) is 4.22. The minimum absolute atomic E-state index is 0.125. The fourth-order valence-electron chi connectivity index (χ4n) is 6.52. The second kappa shape index (κ2) is 7.66. The van der Waals surface area contributed by atoms with Crippen LogP contribution in [0.4, 0.5) is 5.69 Å². The van der Waals surface area contributed by atoms with Crippen LogP contribution in [0.1, 0.15) is 44.1 Å². The zero-order chi connectivity index (χ0) is 21.6. The van der Waals surface area contributed by atoms with Crippen LogP contribution in [0.3, 0.4) is 0 Å². The van der Waals surface area contributed by atoms with Gasteiger partial charge in [-0.2, -0.15) is 0 Å². The van der Waals surface area contributed by atoms with Gasteiger partial charge >= 0.3 is 0 Å². The van der Waals surface area contributed by atoms with Gasteiger partial charge in [-0.15, -0.1) is 0 Å². The molecule has 4 aliphatic rings. The average Bonchev–Trinajstić information content (AvgIpc) is 2.71. The number of rotatable bonds is 6. The Balaban J connectivity index is 1.20. The largest absolute Gasteiger partial charge is 0.484 e. The molecule has 4 aliphatic carbocycles. The number of hydrogen-bond donors (Lipinski definition) is 1. The van der Waals surface area contributed by atoms with Gasteiger partial charge in [-0.05, 0) is 97.6 Å². The van der Waals surface area contributed by atoms with E-state index < -0.39 is 9.84 Å². The number of sulfone groups is 1. The first-order valence-corrected chi connectivity index (χ1v) is 13.0. The van der Waals surface area contributed by atoms with Crippen molar-refractivity contribution in [1.82, 2.24) is 0 Å². The first-order valence-electron chi connectivity index (χ1n) is 11.1. The van der Waals surface area contributed by atoms with E-state index in [9.17, 15) is 13.2 Å². The van der Waals surface area contributed by atoms with Crippen LogP contribution in [-0.2, 0) is 20.0 Å². The van der Waals surface area contributed by atoms with Crippen molar-refractivity contribution >= 4 is 21.4 Å². The molecule has 4 fully saturated rings. The van der Waals surface area contributed by atoms with Crippen molar-refractivity contribution < 1.29 is 17.9 Å². The number of carbonyl (C=O) groups is 1. The third-order valence-electron chi connectivity index (χ3n) is 7.42. The molecule has 2 aromatic rings. The monoisotopic (exact) mass is 439 g/mol. The Bertz CT molecular complexity index is 1060. The van der Waals surface area contributed by atoms with Crippen molar-refractivity contribution in [2.24, 2.45) is 17.8 Å². The quantitative estimate of drug-likeness (QED) is 0.715. The summed E-state index contributed by atoms with van der Waals surface area (Å²) in [6.07, 6.45) is 9.43. The summed E-state index contributed by atoms with van der Waals surface area (Å²) in [5.41, 5.74) is 2.23. The molecule has 0 aliphatic heterocycles. The standard InChI is InChI=1S/C25H29NO4S/c1-31(28,29)23-4-2-3-21(12-23)26-24(27)16-30-22-7-5-20(6-8-22)25-13-17-9-18(14-25)11-19(10-17)15-25/h2-8,12,17-19H,9-11,13-16H2,1H3,(H,26,27). The lowest BCUT2D eigenvalue weighted by molar-refractivity contribution is -0.118. The summed E-state index contributed by atoms with van der Waals surface area (Å²) in [5, 5.41) is 2.70. The van der Waals surface area contributed by atoms with Crippen LogP contribution in [0.2, 0.25) is 0 Å². The number of nitrogens with one attached hydrogen (secondary N) is 1. The van der Waals surface area contributed by atoms with Crippen molar-refractivity contribution in [3.63, 3.8) is 0 Å². The number of anilines is 1. The van der Waals surface area contributed by atoms with E-state index in [1.165, 1.54) is 56.2 Å². The topological polar surface area (TPSA) is 72.5 Å². The maximum atomic E-state index is 12.3. The fourth-order valence-corrected chi connectivity index (χ4v) is 7.19. The predicted molar refractivity (Wildman–Crippen MR) is 120 cm³/mol. The van der Waals surface area contributed by atoms with Crippen molar-refractivity contribution in [3.8, 4) is 5.75 Å². The smallest absolute Gasteiger partial charge is 0.262 e. The normalized spacial score (nSPS) is 29.0. The van der Waals surface area contributed by atoms with Crippen molar-refractivity contribution in [2.45, 2.75) is 48.8 Å². The number of amides is 1. The van der Waals surface area contributed by atoms with Crippen LogP contribution >= 0.6 is 0 Å². The van der Waals surface area contributed by atoms with E-state index >= 15 is 0 Å². The molecule has 2 aromatic carbocycles. The van der Waals surface area contributed by atoms with Gasteiger partial charge in [0.1, 0.15) is 5.75 Å². The molecule has 5 nitrogen and oxygen atoms in total. The molecule has 164 valence electrons. The van der Waals surface area contributed by atoms with Crippen LogP contribution in [-0.4, -0.2) is 27.2 Å². The van der Waals surface area contributed by atoms with Gasteiger partial charge in [-0.1, -0.05) is 18.2 Å². The van der Waals surface area contributed by atoms with E-state index in [-0.39, 0.29) is 17.4 Å². The lowest BCUT2D eigenvalue weighted by Gasteiger charge is -2.57. The lowest BCUT2D eigenvalue weighted by Crippen LogP contribution is -2.48. The third-order valence-corrected chi connectivity index (χ3v) is 8.53. The Morgan fingerprint density at radius 1 is 1.00 bits per heavy atom. The highest BCUT2D eigenvalue weighted by Gasteiger charge is 2.51. The summed E-state index contributed by atoms with van der Waals surface area (Å²) < 4.78 is 29.0. The Kier molecular flexibility index (Phi) is 5.08. The first-order chi connectivity index (χ1) is 14.8. The fraction of sp³-hybridized carbons (Fsp3) is 0.480.